The molecule has 1 aromatic carbocycles. The van der Waals surface area contributed by atoms with E-state index < -0.39 is 13.9 Å². The molecule has 0 saturated carbocycles. The first-order valence-electron chi connectivity index (χ1n) is 15.3. The maximum atomic E-state index is 5.97. The minimum absolute atomic E-state index is 0.0613. The lowest BCUT2D eigenvalue weighted by atomic mass is 10.0. The molecular formula is C32H47N7O3Si. The van der Waals surface area contributed by atoms with E-state index in [4.69, 9.17) is 19.2 Å². The van der Waals surface area contributed by atoms with Crippen molar-refractivity contribution in [3.63, 3.8) is 0 Å². The van der Waals surface area contributed by atoms with E-state index in [1.165, 1.54) is 0 Å². The number of hydrogen-bond acceptors (Lipinski definition) is 8. The summed E-state index contributed by atoms with van der Waals surface area (Å²) in [6.07, 6.45) is 7.69. The van der Waals surface area contributed by atoms with Crippen molar-refractivity contribution in [2.75, 3.05) is 31.6 Å². The molecule has 0 unspecified atom stereocenters. The molecule has 2 atom stereocenters. The van der Waals surface area contributed by atoms with Gasteiger partial charge in [-0.05, 0) is 37.4 Å². The molecule has 0 aliphatic carbocycles. The highest BCUT2D eigenvalue weighted by molar-refractivity contribution is 6.76. The van der Waals surface area contributed by atoms with Crippen molar-refractivity contribution in [3.05, 3.63) is 55.1 Å². The average Bonchev–Trinajstić information content (AvgIpc) is 3.68. The van der Waals surface area contributed by atoms with Gasteiger partial charge < -0.3 is 29.4 Å². The second-order valence-corrected chi connectivity index (χ2v) is 19.0. The maximum Gasteiger partial charge on any atom is 0.165 e. The fourth-order valence-electron chi connectivity index (χ4n) is 5.07. The summed E-state index contributed by atoms with van der Waals surface area (Å²) in [5.41, 5.74) is 3.88. The predicted octanol–water partition coefficient (Wildman–Crippen LogP) is 5.75. The Morgan fingerprint density at radius 3 is 2.56 bits per heavy atom. The quantitative estimate of drug-likeness (QED) is 0.139. The van der Waals surface area contributed by atoms with Crippen LogP contribution in [0, 0.1) is 5.92 Å². The second kappa shape index (κ2) is 13.3. The number of rotatable bonds is 14. The molecule has 10 nitrogen and oxygen atoms in total. The van der Waals surface area contributed by atoms with E-state index in [0.717, 1.165) is 59.7 Å². The van der Waals surface area contributed by atoms with Gasteiger partial charge in [0.1, 0.15) is 18.4 Å². The lowest BCUT2D eigenvalue weighted by Gasteiger charge is -2.24. The second-order valence-electron chi connectivity index (χ2n) is 13.4. The topological polar surface area (TPSA) is 99.8 Å². The fraction of sp³-hybridized carbons (Fsp3) is 0.531. The Labute approximate surface area is 256 Å². The number of anilines is 1. The third-order valence-electron chi connectivity index (χ3n) is 7.71. The number of ether oxygens (including phenoxy) is 3. The number of nitrogens with one attached hydrogen (secondary N) is 2. The lowest BCUT2D eigenvalue weighted by Crippen LogP contribution is -2.40. The van der Waals surface area contributed by atoms with Crippen LogP contribution in [0.1, 0.15) is 27.7 Å². The van der Waals surface area contributed by atoms with Gasteiger partial charge in [0.2, 0.25) is 0 Å². The number of nitrogens with zero attached hydrogens (tertiary/aromatic N) is 5. The normalized spacial score (nSPS) is 17.6. The molecule has 11 heteroatoms. The first-order chi connectivity index (χ1) is 20.5. The summed E-state index contributed by atoms with van der Waals surface area (Å²) in [5, 5.41) is 11.7. The largest absolute Gasteiger partial charge is 0.366 e. The van der Waals surface area contributed by atoms with Crippen LogP contribution >= 0.6 is 0 Å². The summed E-state index contributed by atoms with van der Waals surface area (Å²) in [6, 6.07) is 11.7. The SMILES string of the molecule is CC(C)[C@@H](CNC[C@H]1COC(C)(C)O1)Nc1ccn2ncc(-c3ccc(-c4nccn4COCC[Si](C)(C)C)cc3)c2n1. The first-order valence-corrected chi connectivity index (χ1v) is 19.0. The standard InChI is InChI=1S/C32H47N7O3Si/c1-23(2)28(20-33-18-26-21-41-32(3,4)42-26)36-29-12-14-39-31(37-29)27(19-35-39)24-8-10-25(11-9-24)30-34-13-15-38(30)22-40-16-17-43(5,6)7/h8-15,19,23,26,28,33H,16-18,20-22H2,1-7H3,(H,36,37)/t26-,28+/m0/s1. The van der Waals surface area contributed by atoms with Gasteiger partial charge in [0.15, 0.2) is 11.4 Å². The van der Waals surface area contributed by atoms with Gasteiger partial charge in [0.05, 0.1) is 18.9 Å². The molecule has 0 spiro atoms. The number of aromatic nitrogens is 5. The Morgan fingerprint density at radius 2 is 1.86 bits per heavy atom. The highest BCUT2D eigenvalue weighted by atomic mass is 28.3. The smallest absolute Gasteiger partial charge is 0.165 e. The number of imidazole rings is 1. The molecule has 0 amide bonds. The van der Waals surface area contributed by atoms with Crippen molar-refractivity contribution >= 4 is 19.5 Å². The Bertz CT molecular complexity index is 1480. The molecule has 5 rings (SSSR count). The van der Waals surface area contributed by atoms with Crippen LogP contribution in [0.2, 0.25) is 25.7 Å². The van der Waals surface area contributed by atoms with Crippen molar-refractivity contribution in [1.82, 2.24) is 29.5 Å². The number of benzene rings is 1. The van der Waals surface area contributed by atoms with Crippen molar-refractivity contribution in [2.45, 2.75) is 78.0 Å². The molecular weight excluding hydrogens is 558 g/mol. The Hall–Kier alpha value is -3.09. The van der Waals surface area contributed by atoms with Crippen LogP contribution in [0.5, 0.6) is 0 Å². The predicted molar refractivity (Wildman–Crippen MR) is 174 cm³/mol. The van der Waals surface area contributed by atoms with Crippen molar-refractivity contribution < 1.29 is 14.2 Å². The van der Waals surface area contributed by atoms with E-state index in [1.807, 2.05) is 49.2 Å². The average molecular weight is 606 g/mol. The number of fused-ring (bicyclic) bond motifs is 1. The van der Waals surface area contributed by atoms with Gasteiger partial charge in [0, 0.05) is 63.5 Å². The summed E-state index contributed by atoms with van der Waals surface area (Å²) in [5.74, 6) is 1.62. The molecule has 2 N–H and O–H groups in total. The lowest BCUT2D eigenvalue weighted by molar-refractivity contribution is -0.137. The van der Waals surface area contributed by atoms with E-state index in [1.54, 1.807) is 0 Å². The molecule has 1 aliphatic heterocycles. The van der Waals surface area contributed by atoms with Crippen molar-refractivity contribution in [1.29, 1.82) is 0 Å². The van der Waals surface area contributed by atoms with Crippen LogP contribution in [0.3, 0.4) is 0 Å². The van der Waals surface area contributed by atoms with Gasteiger partial charge in [-0.15, -0.1) is 0 Å². The van der Waals surface area contributed by atoms with E-state index in [2.05, 4.69) is 83.0 Å². The summed E-state index contributed by atoms with van der Waals surface area (Å²) in [7, 11) is -1.12. The molecule has 4 aromatic rings. The van der Waals surface area contributed by atoms with Gasteiger partial charge in [-0.2, -0.15) is 5.10 Å². The summed E-state index contributed by atoms with van der Waals surface area (Å²) >= 11 is 0. The summed E-state index contributed by atoms with van der Waals surface area (Å²) < 4.78 is 21.5. The molecule has 4 heterocycles. The van der Waals surface area contributed by atoms with E-state index in [-0.39, 0.29) is 12.1 Å². The molecule has 1 saturated heterocycles. The first kappa shape index (κ1) is 31.3. The number of hydrogen-bond donors (Lipinski definition) is 2. The molecule has 1 aliphatic rings. The summed E-state index contributed by atoms with van der Waals surface area (Å²) in [4.78, 5) is 9.57. The van der Waals surface area contributed by atoms with Crippen LogP contribution in [0.4, 0.5) is 5.82 Å². The van der Waals surface area contributed by atoms with Crippen LogP contribution in [-0.2, 0) is 20.9 Å². The van der Waals surface area contributed by atoms with Gasteiger partial charge in [-0.25, -0.2) is 14.5 Å². The highest BCUT2D eigenvalue weighted by Crippen LogP contribution is 2.28. The van der Waals surface area contributed by atoms with Gasteiger partial charge in [-0.1, -0.05) is 57.8 Å². The monoisotopic (exact) mass is 605 g/mol. The van der Waals surface area contributed by atoms with Gasteiger partial charge in [0.25, 0.3) is 0 Å². The third-order valence-corrected chi connectivity index (χ3v) is 9.41. The molecule has 43 heavy (non-hydrogen) atoms. The minimum atomic E-state index is -1.12. The Kier molecular flexibility index (Phi) is 9.67. The Morgan fingerprint density at radius 1 is 1.09 bits per heavy atom. The zero-order valence-electron chi connectivity index (χ0n) is 26.6. The fourth-order valence-corrected chi connectivity index (χ4v) is 5.83. The van der Waals surface area contributed by atoms with Crippen LogP contribution in [0.25, 0.3) is 28.2 Å². The Balaban J connectivity index is 1.24. The highest BCUT2D eigenvalue weighted by Gasteiger charge is 2.32. The van der Waals surface area contributed by atoms with E-state index in [9.17, 15) is 0 Å². The summed E-state index contributed by atoms with van der Waals surface area (Å²) in [6.45, 7) is 18.9. The van der Waals surface area contributed by atoms with Crippen LogP contribution in [-0.4, -0.2) is 76.5 Å². The molecule has 1 fully saturated rings. The maximum absolute atomic E-state index is 5.97. The van der Waals surface area contributed by atoms with E-state index >= 15 is 0 Å². The van der Waals surface area contributed by atoms with Crippen LogP contribution in [0.15, 0.2) is 55.1 Å². The van der Waals surface area contributed by atoms with Crippen molar-refractivity contribution in [2.24, 2.45) is 5.92 Å². The molecule has 0 radical (unpaired) electrons. The molecule has 232 valence electrons. The zero-order valence-corrected chi connectivity index (χ0v) is 27.6. The molecule has 0 bridgehead atoms. The van der Waals surface area contributed by atoms with Crippen LogP contribution < -0.4 is 10.6 Å². The zero-order chi connectivity index (χ0) is 30.6. The minimum Gasteiger partial charge on any atom is -0.366 e. The molecule has 3 aromatic heterocycles. The van der Waals surface area contributed by atoms with Gasteiger partial charge in [-0.3, -0.25) is 0 Å². The van der Waals surface area contributed by atoms with E-state index in [0.29, 0.717) is 19.3 Å². The van der Waals surface area contributed by atoms with Crippen molar-refractivity contribution in [3.8, 4) is 22.5 Å². The van der Waals surface area contributed by atoms with Gasteiger partial charge >= 0.3 is 0 Å². The third kappa shape index (κ3) is 8.30.